The van der Waals surface area contributed by atoms with Crippen LogP contribution in [0.25, 0.3) is 0 Å². The molecule has 5 heteroatoms. The van der Waals surface area contributed by atoms with Gasteiger partial charge in [-0.25, -0.2) is 4.98 Å². The standard InChI is InChI=1S/C10H10N4O/c11-9-10(12)14-8(6-13-9)15-7-4-2-1-3-5-7/h1-6H,(H2,11,13)(H2,12,14). The topological polar surface area (TPSA) is 87.0 Å². The van der Waals surface area contributed by atoms with Gasteiger partial charge in [-0.2, -0.15) is 4.98 Å². The Labute approximate surface area is 86.7 Å². The summed E-state index contributed by atoms with van der Waals surface area (Å²) in [6.45, 7) is 0. The molecule has 0 spiro atoms. The Morgan fingerprint density at radius 3 is 2.40 bits per heavy atom. The number of hydrogen-bond acceptors (Lipinski definition) is 5. The number of benzene rings is 1. The number of rotatable bonds is 2. The van der Waals surface area contributed by atoms with Gasteiger partial charge in [0.15, 0.2) is 11.6 Å². The molecule has 0 radical (unpaired) electrons. The Morgan fingerprint density at radius 1 is 1.00 bits per heavy atom. The Balaban J connectivity index is 2.22. The number of para-hydroxylation sites is 1. The van der Waals surface area contributed by atoms with Crippen molar-refractivity contribution in [2.75, 3.05) is 11.5 Å². The largest absolute Gasteiger partial charge is 0.437 e. The molecule has 1 aromatic carbocycles. The second-order valence-corrected chi connectivity index (χ2v) is 2.89. The zero-order chi connectivity index (χ0) is 10.7. The lowest BCUT2D eigenvalue weighted by atomic mass is 10.3. The van der Waals surface area contributed by atoms with Crippen LogP contribution in [0.4, 0.5) is 11.6 Å². The lowest BCUT2D eigenvalue weighted by Crippen LogP contribution is -2.01. The molecule has 1 aromatic heterocycles. The maximum atomic E-state index is 5.50. The predicted octanol–water partition coefficient (Wildman–Crippen LogP) is 1.43. The summed E-state index contributed by atoms with van der Waals surface area (Å²) < 4.78 is 5.40. The van der Waals surface area contributed by atoms with Crippen LogP contribution < -0.4 is 16.2 Å². The van der Waals surface area contributed by atoms with Gasteiger partial charge in [-0.05, 0) is 12.1 Å². The Morgan fingerprint density at radius 2 is 1.73 bits per heavy atom. The van der Waals surface area contributed by atoms with E-state index in [-0.39, 0.29) is 11.6 Å². The van der Waals surface area contributed by atoms with E-state index in [9.17, 15) is 0 Å². The molecule has 0 bridgehead atoms. The van der Waals surface area contributed by atoms with Crippen LogP contribution in [0.2, 0.25) is 0 Å². The number of nitrogens with zero attached hydrogens (tertiary/aromatic N) is 2. The number of hydrogen-bond donors (Lipinski definition) is 2. The minimum absolute atomic E-state index is 0.170. The summed E-state index contributed by atoms with van der Waals surface area (Å²) in [6, 6.07) is 9.26. The van der Waals surface area contributed by atoms with E-state index in [1.54, 1.807) is 0 Å². The molecule has 0 fully saturated rings. The molecule has 15 heavy (non-hydrogen) atoms. The second-order valence-electron chi connectivity index (χ2n) is 2.89. The number of ether oxygens (including phenoxy) is 1. The molecule has 1 heterocycles. The first-order valence-corrected chi connectivity index (χ1v) is 4.36. The van der Waals surface area contributed by atoms with Gasteiger partial charge in [-0.15, -0.1) is 0 Å². The lowest BCUT2D eigenvalue weighted by Gasteiger charge is -2.04. The summed E-state index contributed by atoms with van der Waals surface area (Å²) in [4.78, 5) is 7.78. The van der Waals surface area contributed by atoms with Gasteiger partial charge in [0.1, 0.15) is 5.75 Å². The highest BCUT2D eigenvalue weighted by Gasteiger charge is 2.02. The number of aromatic nitrogens is 2. The SMILES string of the molecule is Nc1ncc(Oc2ccccc2)nc1N. The molecule has 0 aliphatic heterocycles. The fourth-order valence-electron chi connectivity index (χ4n) is 1.05. The quantitative estimate of drug-likeness (QED) is 0.769. The van der Waals surface area contributed by atoms with E-state index in [0.29, 0.717) is 11.6 Å². The van der Waals surface area contributed by atoms with E-state index in [2.05, 4.69) is 9.97 Å². The van der Waals surface area contributed by atoms with Crippen molar-refractivity contribution in [1.29, 1.82) is 0 Å². The van der Waals surface area contributed by atoms with Crippen molar-refractivity contribution in [3.8, 4) is 11.6 Å². The van der Waals surface area contributed by atoms with E-state index in [0.717, 1.165) is 0 Å². The number of nitrogen functional groups attached to an aromatic ring is 2. The van der Waals surface area contributed by atoms with E-state index >= 15 is 0 Å². The monoisotopic (exact) mass is 202 g/mol. The molecule has 76 valence electrons. The van der Waals surface area contributed by atoms with Gasteiger partial charge in [-0.1, -0.05) is 18.2 Å². The third-order valence-corrected chi connectivity index (χ3v) is 1.77. The summed E-state index contributed by atoms with van der Waals surface area (Å²) in [6.07, 6.45) is 1.43. The van der Waals surface area contributed by atoms with Crippen molar-refractivity contribution in [2.45, 2.75) is 0 Å². The van der Waals surface area contributed by atoms with Crippen LogP contribution in [0.5, 0.6) is 11.6 Å². The van der Waals surface area contributed by atoms with Crippen molar-refractivity contribution < 1.29 is 4.74 Å². The highest BCUT2D eigenvalue weighted by molar-refractivity contribution is 5.52. The van der Waals surface area contributed by atoms with Crippen LogP contribution in [-0.2, 0) is 0 Å². The van der Waals surface area contributed by atoms with Crippen LogP contribution in [0, 0.1) is 0 Å². The molecule has 2 aromatic rings. The predicted molar refractivity (Wildman–Crippen MR) is 57.4 cm³/mol. The van der Waals surface area contributed by atoms with Crippen LogP contribution in [0.15, 0.2) is 36.5 Å². The first-order valence-electron chi connectivity index (χ1n) is 4.36. The zero-order valence-electron chi connectivity index (χ0n) is 7.92. The normalized spacial score (nSPS) is 9.87. The van der Waals surface area contributed by atoms with Crippen molar-refractivity contribution >= 4 is 11.6 Å². The fraction of sp³-hybridized carbons (Fsp3) is 0. The van der Waals surface area contributed by atoms with Crippen molar-refractivity contribution in [3.05, 3.63) is 36.5 Å². The minimum atomic E-state index is 0.170. The highest BCUT2D eigenvalue weighted by atomic mass is 16.5. The van der Waals surface area contributed by atoms with Crippen molar-refractivity contribution in [3.63, 3.8) is 0 Å². The number of nitrogens with two attached hydrogens (primary N) is 2. The molecule has 0 amide bonds. The smallest absolute Gasteiger partial charge is 0.239 e. The Bertz CT molecular complexity index is 458. The van der Waals surface area contributed by atoms with Gasteiger partial charge in [0.2, 0.25) is 5.88 Å². The molecule has 0 aliphatic carbocycles. The van der Waals surface area contributed by atoms with Crippen LogP contribution in [0.1, 0.15) is 0 Å². The van der Waals surface area contributed by atoms with Crippen LogP contribution in [0.3, 0.4) is 0 Å². The van der Waals surface area contributed by atoms with E-state index < -0.39 is 0 Å². The first kappa shape index (κ1) is 9.26. The molecule has 5 nitrogen and oxygen atoms in total. The molecule has 0 aliphatic rings. The molecule has 0 unspecified atom stereocenters. The van der Waals surface area contributed by atoms with Gasteiger partial charge < -0.3 is 16.2 Å². The van der Waals surface area contributed by atoms with E-state index in [4.69, 9.17) is 16.2 Å². The molecule has 2 rings (SSSR count). The molecular formula is C10H10N4O. The first-order chi connectivity index (χ1) is 7.25. The third-order valence-electron chi connectivity index (χ3n) is 1.77. The van der Waals surface area contributed by atoms with Gasteiger partial charge in [0.05, 0.1) is 6.20 Å². The van der Waals surface area contributed by atoms with Crippen LogP contribution >= 0.6 is 0 Å². The van der Waals surface area contributed by atoms with Gasteiger partial charge in [0.25, 0.3) is 0 Å². The third kappa shape index (κ3) is 2.14. The van der Waals surface area contributed by atoms with Crippen LogP contribution in [-0.4, -0.2) is 9.97 Å². The minimum Gasteiger partial charge on any atom is -0.437 e. The molecule has 4 N–H and O–H groups in total. The molecular weight excluding hydrogens is 192 g/mol. The maximum Gasteiger partial charge on any atom is 0.239 e. The fourth-order valence-corrected chi connectivity index (χ4v) is 1.05. The van der Waals surface area contributed by atoms with Gasteiger partial charge in [-0.3, -0.25) is 0 Å². The van der Waals surface area contributed by atoms with Crippen molar-refractivity contribution in [1.82, 2.24) is 9.97 Å². The van der Waals surface area contributed by atoms with E-state index in [1.165, 1.54) is 6.20 Å². The van der Waals surface area contributed by atoms with E-state index in [1.807, 2.05) is 30.3 Å². The van der Waals surface area contributed by atoms with Crippen molar-refractivity contribution in [2.24, 2.45) is 0 Å². The summed E-state index contributed by atoms with van der Waals surface area (Å²) in [5.74, 6) is 1.38. The average Bonchev–Trinajstić information content (AvgIpc) is 2.25. The molecule has 0 atom stereocenters. The Hall–Kier alpha value is -2.30. The lowest BCUT2D eigenvalue weighted by molar-refractivity contribution is 0.461. The summed E-state index contributed by atoms with van der Waals surface area (Å²) >= 11 is 0. The summed E-state index contributed by atoms with van der Waals surface area (Å²) in [5, 5.41) is 0. The second kappa shape index (κ2) is 3.83. The highest BCUT2D eigenvalue weighted by Crippen LogP contribution is 2.20. The Kier molecular flexibility index (Phi) is 2.37. The summed E-state index contributed by atoms with van der Waals surface area (Å²) in [5.41, 5.74) is 10.9. The zero-order valence-corrected chi connectivity index (χ0v) is 7.92. The summed E-state index contributed by atoms with van der Waals surface area (Å²) in [7, 11) is 0. The van der Waals surface area contributed by atoms with Gasteiger partial charge >= 0.3 is 0 Å². The van der Waals surface area contributed by atoms with Gasteiger partial charge in [0, 0.05) is 0 Å². The maximum absolute atomic E-state index is 5.50. The molecule has 0 saturated carbocycles. The molecule has 0 saturated heterocycles. The average molecular weight is 202 g/mol. The number of anilines is 2.